The summed E-state index contributed by atoms with van der Waals surface area (Å²) in [7, 11) is 0. The van der Waals surface area contributed by atoms with Crippen LogP contribution in [0.4, 0.5) is 10.3 Å². The Morgan fingerprint density at radius 3 is 2.88 bits per heavy atom. The summed E-state index contributed by atoms with van der Waals surface area (Å²) in [4.78, 5) is 20.4. The van der Waals surface area contributed by atoms with Gasteiger partial charge in [-0.05, 0) is 31.7 Å². The smallest absolute Gasteiger partial charge is 0.255 e. The zero-order valence-electron chi connectivity index (χ0n) is 13.7. The molecule has 0 radical (unpaired) electrons. The van der Waals surface area contributed by atoms with Crippen LogP contribution in [0, 0.1) is 5.82 Å². The first-order valence-corrected chi connectivity index (χ1v) is 8.48. The van der Waals surface area contributed by atoms with Gasteiger partial charge in [-0.15, -0.1) is 0 Å². The second kappa shape index (κ2) is 6.31. The van der Waals surface area contributed by atoms with Crippen molar-refractivity contribution in [2.45, 2.75) is 44.2 Å². The normalized spacial score (nSPS) is 20.2. The Labute approximate surface area is 144 Å². The number of aromatic nitrogens is 2. The molecule has 1 aliphatic heterocycles. The Bertz CT molecular complexity index is 821. The molecule has 6 nitrogen and oxygen atoms in total. The van der Waals surface area contributed by atoms with Gasteiger partial charge in [-0.2, -0.15) is 0 Å². The molecule has 2 heterocycles. The van der Waals surface area contributed by atoms with Gasteiger partial charge in [-0.3, -0.25) is 4.79 Å². The molecule has 2 aromatic rings. The fraction of sp³-hybridized carbons (Fsp3) is 0.389. The van der Waals surface area contributed by atoms with Crippen LogP contribution in [0.2, 0.25) is 0 Å². The average Bonchev–Trinajstić information content (AvgIpc) is 3.07. The van der Waals surface area contributed by atoms with E-state index in [1.165, 1.54) is 18.3 Å². The number of fused-ring (bicyclic) bond motifs is 1. The van der Waals surface area contributed by atoms with Gasteiger partial charge in [0.25, 0.3) is 5.91 Å². The van der Waals surface area contributed by atoms with Crippen LogP contribution in [-0.4, -0.2) is 22.0 Å². The number of ether oxygens (including phenoxy) is 1. The van der Waals surface area contributed by atoms with E-state index in [0.29, 0.717) is 23.4 Å². The van der Waals surface area contributed by atoms with E-state index in [0.717, 1.165) is 31.2 Å². The lowest BCUT2D eigenvalue weighted by Gasteiger charge is -2.27. The van der Waals surface area contributed by atoms with E-state index in [9.17, 15) is 9.18 Å². The Morgan fingerprint density at radius 1 is 1.28 bits per heavy atom. The lowest BCUT2D eigenvalue weighted by atomic mass is 9.95. The second-order valence-corrected chi connectivity index (χ2v) is 6.53. The molecule has 1 aromatic carbocycles. The number of nitrogen functional groups attached to an aromatic ring is 1. The van der Waals surface area contributed by atoms with E-state index in [4.69, 9.17) is 10.5 Å². The first-order valence-electron chi connectivity index (χ1n) is 8.48. The molecule has 4 rings (SSSR count). The summed E-state index contributed by atoms with van der Waals surface area (Å²) < 4.78 is 19.8. The fourth-order valence-electron chi connectivity index (χ4n) is 3.53. The quantitative estimate of drug-likeness (QED) is 0.895. The van der Waals surface area contributed by atoms with Gasteiger partial charge in [0.1, 0.15) is 11.6 Å². The maximum atomic E-state index is 13.8. The molecule has 3 N–H and O–H groups in total. The number of carbonyl (C=O) groups excluding carboxylic acids is 1. The predicted molar refractivity (Wildman–Crippen MR) is 89.6 cm³/mol. The highest BCUT2D eigenvalue weighted by atomic mass is 19.1. The third kappa shape index (κ3) is 3.14. The molecule has 1 aromatic heterocycles. The number of halogens is 1. The highest BCUT2D eigenvalue weighted by Gasteiger charge is 2.30. The molecule has 1 amide bonds. The van der Waals surface area contributed by atoms with Crippen molar-refractivity contribution in [3.63, 3.8) is 0 Å². The summed E-state index contributed by atoms with van der Waals surface area (Å²) in [6.45, 7) is 0. The van der Waals surface area contributed by atoms with Crippen molar-refractivity contribution in [2.75, 3.05) is 5.73 Å². The largest absolute Gasteiger partial charge is 0.490 e. The summed E-state index contributed by atoms with van der Waals surface area (Å²) in [6, 6.07) is 4.10. The molecule has 0 bridgehead atoms. The highest BCUT2D eigenvalue weighted by Crippen LogP contribution is 2.34. The molecule has 1 saturated carbocycles. The van der Waals surface area contributed by atoms with Gasteiger partial charge >= 0.3 is 0 Å². The van der Waals surface area contributed by atoms with Crippen LogP contribution in [0.5, 0.6) is 5.75 Å². The van der Waals surface area contributed by atoms with Crippen LogP contribution in [0.3, 0.4) is 0 Å². The zero-order chi connectivity index (χ0) is 17.4. The molecule has 7 heteroatoms. The number of rotatable bonds is 3. The minimum absolute atomic E-state index is 0.102. The Balaban J connectivity index is 1.66. The third-order valence-corrected chi connectivity index (χ3v) is 4.78. The number of carbonyl (C=O) groups is 1. The number of anilines is 1. The molecule has 1 atom stereocenters. The van der Waals surface area contributed by atoms with Gasteiger partial charge < -0.3 is 15.8 Å². The third-order valence-electron chi connectivity index (χ3n) is 4.78. The first kappa shape index (κ1) is 15.8. The summed E-state index contributed by atoms with van der Waals surface area (Å²) >= 11 is 0. The van der Waals surface area contributed by atoms with Crippen LogP contribution in [0.25, 0.3) is 0 Å². The van der Waals surface area contributed by atoms with Crippen molar-refractivity contribution >= 4 is 11.9 Å². The molecule has 0 unspecified atom stereocenters. The van der Waals surface area contributed by atoms with E-state index >= 15 is 0 Å². The van der Waals surface area contributed by atoms with Crippen molar-refractivity contribution < 1.29 is 13.9 Å². The summed E-state index contributed by atoms with van der Waals surface area (Å²) in [6.07, 6.45) is 6.19. The lowest BCUT2D eigenvalue weighted by Crippen LogP contribution is -2.36. The molecule has 130 valence electrons. The zero-order valence-corrected chi connectivity index (χ0v) is 13.7. The molecule has 0 spiro atoms. The molecule has 1 fully saturated rings. The average molecular weight is 342 g/mol. The van der Waals surface area contributed by atoms with Crippen molar-refractivity contribution in [3.8, 4) is 5.75 Å². The van der Waals surface area contributed by atoms with Crippen molar-refractivity contribution in [2.24, 2.45) is 0 Å². The summed E-state index contributed by atoms with van der Waals surface area (Å²) in [5.41, 5.74) is 7.41. The summed E-state index contributed by atoms with van der Waals surface area (Å²) in [5, 5.41) is 2.93. The Hall–Kier alpha value is -2.70. The minimum atomic E-state index is -0.356. The van der Waals surface area contributed by atoms with Crippen LogP contribution in [-0.2, 0) is 6.42 Å². The Morgan fingerprint density at radius 2 is 2.08 bits per heavy atom. The number of nitrogens with zero attached hydrogens (tertiary/aromatic N) is 2. The van der Waals surface area contributed by atoms with Crippen molar-refractivity contribution in [1.29, 1.82) is 0 Å². The maximum Gasteiger partial charge on any atom is 0.255 e. The van der Waals surface area contributed by atoms with Crippen LogP contribution in [0.15, 0.2) is 24.4 Å². The molecule has 0 saturated heterocycles. The van der Waals surface area contributed by atoms with Crippen LogP contribution in [0.1, 0.15) is 53.3 Å². The number of benzene rings is 1. The van der Waals surface area contributed by atoms with Gasteiger partial charge in [0.05, 0.1) is 23.4 Å². The van der Waals surface area contributed by atoms with Gasteiger partial charge in [0.2, 0.25) is 5.95 Å². The highest BCUT2D eigenvalue weighted by molar-refractivity contribution is 5.96. The number of hydrogen-bond donors (Lipinski definition) is 2. The van der Waals surface area contributed by atoms with Crippen LogP contribution < -0.4 is 15.8 Å². The fourth-order valence-corrected chi connectivity index (χ4v) is 3.53. The molecule has 2 aliphatic rings. The first-order chi connectivity index (χ1) is 12.1. The van der Waals surface area contributed by atoms with E-state index in [1.807, 2.05) is 0 Å². The number of nitrogens with one attached hydrogen (secondary N) is 1. The van der Waals surface area contributed by atoms with Gasteiger partial charge in [0, 0.05) is 24.2 Å². The van der Waals surface area contributed by atoms with Crippen molar-refractivity contribution in [1.82, 2.24) is 15.3 Å². The molecule has 1 aliphatic carbocycles. The van der Waals surface area contributed by atoms with E-state index in [2.05, 4.69) is 15.3 Å². The van der Waals surface area contributed by atoms with Crippen molar-refractivity contribution in [3.05, 3.63) is 47.0 Å². The number of hydrogen-bond acceptors (Lipinski definition) is 5. The maximum absolute atomic E-state index is 13.8. The molecular formula is C18H19FN4O2. The number of amides is 1. The van der Waals surface area contributed by atoms with Gasteiger partial charge in [-0.25, -0.2) is 14.4 Å². The Kier molecular flexibility index (Phi) is 3.99. The SMILES string of the molecule is Nc1ncc2c(n1)C[C@H](c1ccc(F)cc1OC1CCCC1)NC2=O. The topological polar surface area (TPSA) is 90.1 Å². The monoisotopic (exact) mass is 342 g/mol. The lowest BCUT2D eigenvalue weighted by molar-refractivity contribution is 0.0922. The van der Waals surface area contributed by atoms with E-state index in [-0.39, 0.29) is 29.8 Å². The van der Waals surface area contributed by atoms with Gasteiger partial charge in [0.15, 0.2) is 0 Å². The molecular weight excluding hydrogens is 323 g/mol. The summed E-state index contributed by atoms with van der Waals surface area (Å²) in [5.74, 6) is 0.00431. The van der Waals surface area contributed by atoms with E-state index in [1.54, 1.807) is 6.07 Å². The van der Waals surface area contributed by atoms with Gasteiger partial charge in [-0.1, -0.05) is 6.07 Å². The predicted octanol–water partition coefficient (Wildman–Crippen LogP) is 2.55. The second-order valence-electron chi connectivity index (χ2n) is 6.53. The molecule has 25 heavy (non-hydrogen) atoms. The minimum Gasteiger partial charge on any atom is -0.490 e. The van der Waals surface area contributed by atoms with E-state index < -0.39 is 0 Å². The standard InChI is InChI=1S/C18H19FN4O2/c19-10-5-6-12(16(7-10)25-11-3-1-2-4-11)14-8-15-13(17(24)22-14)9-21-18(20)23-15/h5-7,9,11,14H,1-4,8H2,(H,22,24)(H2,20,21,23)/t14-/m1/s1. The number of nitrogens with two attached hydrogens (primary N) is 1. The van der Waals surface area contributed by atoms with Crippen LogP contribution >= 0.6 is 0 Å².